The molecular weight excluding hydrogens is 378 g/mol. The molecule has 3 aromatic rings. The molecule has 2 heterocycles. The molecule has 0 radical (unpaired) electrons. The normalized spacial score (nSPS) is 12.0. The first-order chi connectivity index (χ1) is 13.5. The van der Waals surface area contributed by atoms with E-state index in [4.69, 9.17) is 21.1 Å². The molecule has 1 aromatic carbocycles. The van der Waals surface area contributed by atoms with Crippen molar-refractivity contribution in [1.82, 2.24) is 14.7 Å². The summed E-state index contributed by atoms with van der Waals surface area (Å²) in [7, 11) is 3.21. The number of benzene rings is 1. The molecule has 0 saturated carbocycles. The van der Waals surface area contributed by atoms with Gasteiger partial charge in [0.15, 0.2) is 0 Å². The first kappa shape index (κ1) is 20.0. The van der Waals surface area contributed by atoms with Crippen molar-refractivity contribution in [2.75, 3.05) is 20.8 Å². The summed E-state index contributed by atoms with van der Waals surface area (Å²) in [5.41, 5.74) is 2.55. The van der Waals surface area contributed by atoms with E-state index < -0.39 is 0 Å². The van der Waals surface area contributed by atoms with Gasteiger partial charge in [0, 0.05) is 37.3 Å². The van der Waals surface area contributed by atoms with Crippen LogP contribution in [0.1, 0.15) is 36.9 Å². The molecule has 0 spiro atoms. The predicted octanol–water partition coefficient (Wildman–Crippen LogP) is 4.05. The van der Waals surface area contributed by atoms with Crippen molar-refractivity contribution in [2.45, 2.75) is 25.7 Å². The van der Waals surface area contributed by atoms with Gasteiger partial charge in [0.1, 0.15) is 17.1 Å². The number of imidazole rings is 1. The van der Waals surface area contributed by atoms with E-state index >= 15 is 0 Å². The molecule has 6 nitrogen and oxygen atoms in total. The van der Waals surface area contributed by atoms with Gasteiger partial charge in [-0.15, -0.1) is 0 Å². The molecule has 2 aromatic heterocycles. The summed E-state index contributed by atoms with van der Waals surface area (Å²) in [5, 5.41) is 3.56. The highest BCUT2D eigenvalue weighted by atomic mass is 35.5. The van der Waals surface area contributed by atoms with Crippen LogP contribution in [-0.2, 0) is 4.79 Å². The van der Waals surface area contributed by atoms with Crippen molar-refractivity contribution in [2.24, 2.45) is 0 Å². The SMILES string of the molecule is CCCNC(=O)C[C@@H](c1cc(OC)cc(OC)c1)c1cnc2ccc(Cl)cn12. The van der Waals surface area contributed by atoms with E-state index in [1.807, 2.05) is 41.8 Å². The van der Waals surface area contributed by atoms with Crippen LogP contribution in [0.25, 0.3) is 5.65 Å². The third-order valence-corrected chi connectivity index (χ3v) is 4.82. The quantitative estimate of drug-likeness (QED) is 0.618. The number of nitrogens with zero attached hydrogens (tertiary/aromatic N) is 2. The number of hydrogen-bond donors (Lipinski definition) is 1. The van der Waals surface area contributed by atoms with Gasteiger partial charge >= 0.3 is 0 Å². The maximum atomic E-state index is 12.6. The van der Waals surface area contributed by atoms with E-state index in [1.54, 1.807) is 26.5 Å². The van der Waals surface area contributed by atoms with Crippen LogP contribution >= 0.6 is 11.6 Å². The van der Waals surface area contributed by atoms with Crippen LogP contribution in [0, 0.1) is 0 Å². The average molecular weight is 402 g/mol. The van der Waals surface area contributed by atoms with Crippen molar-refractivity contribution < 1.29 is 14.3 Å². The minimum Gasteiger partial charge on any atom is -0.497 e. The Morgan fingerprint density at radius 1 is 1.21 bits per heavy atom. The molecule has 7 heteroatoms. The van der Waals surface area contributed by atoms with Gasteiger partial charge in [-0.3, -0.25) is 4.79 Å². The Kier molecular flexibility index (Phi) is 6.41. The number of carbonyl (C=O) groups is 1. The molecular formula is C21H24ClN3O3. The van der Waals surface area contributed by atoms with Crippen LogP contribution in [0.2, 0.25) is 5.02 Å². The van der Waals surface area contributed by atoms with Crippen LogP contribution < -0.4 is 14.8 Å². The summed E-state index contributed by atoms with van der Waals surface area (Å²) < 4.78 is 12.8. The summed E-state index contributed by atoms with van der Waals surface area (Å²) >= 11 is 6.20. The minimum atomic E-state index is -0.241. The number of carbonyl (C=O) groups excluding carboxylic acids is 1. The van der Waals surface area contributed by atoms with E-state index in [0.29, 0.717) is 23.1 Å². The molecule has 0 bridgehead atoms. The molecule has 148 valence electrons. The summed E-state index contributed by atoms with van der Waals surface area (Å²) in [6, 6.07) is 9.30. The lowest BCUT2D eigenvalue weighted by Crippen LogP contribution is -2.26. The van der Waals surface area contributed by atoms with Crippen molar-refractivity contribution in [1.29, 1.82) is 0 Å². The number of rotatable bonds is 8. The molecule has 0 aliphatic rings. The van der Waals surface area contributed by atoms with Gasteiger partial charge in [-0.2, -0.15) is 0 Å². The van der Waals surface area contributed by atoms with Gasteiger partial charge in [-0.05, 0) is 36.2 Å². The van der Waals surface area contributed by atoms with Crippen LogP contribution in [0.3, 0.4) is 0 Å². The second kappa shape index (κ2) is 8.97. The van der Waals surface area contributed by atoms with Gasteiger partial charge in [0.2, 0.25) is 5.91 Å². The fourth-order valence-electron chi connectivity index (χ4n) is 3.18. The number of ether oxygens (including phenoxy) is 2. The molecule has 1 atom stereocenters. The highest BCUT2D eigenvalue weighted by molar-refractivity contribution is 6.30. The number of amides is 1. The van der Waals surface area contributed by atoms with E-state index in [0.717, 1.165) is 23.3 Å². The molecule has 0 unspecified atom stereocenters. The number of fused-ring (bicyclic) bond motifs is 1. The number of aromatic nitrogens is 2. The monoisotopic (exact) mass is 401 g/mol. The van der Waals surface area contributed by atoms with Crippen LogP contribution in [0.15, 0.2) is 42.7 Å². The highest BCUT2D eigenvalue weighted by Crippen LogP contribution is 2.34. The van der Waals surface area contributed by atoms with E-state index in [9.17, 15) is 4.79 Å². The molecule has 1 amide bonds. The lowest BCUT2D eigenvalue weighted by molar-refractivity contribution is -0.121. The first-order valence-corrected chi connectivity index (χ1v) is 9.55. The standard InChI is InChI=1S/C21H24ClN3O3/c1-4-7-23-21(26)11-18(14-8-16(27-2)10-17(9-14)28-3)19-12-24-20-6-5-15(22)13-25(19)20/h5-6,8-10,12-13,18H,4,7,11H2,1-3H3,(H,23,26)/t18-/m0/s1. The molecule has 0 aliphatic carbocycles. The molecule has 1 N–H and O–H groups in total. The maximum Gasteiger partial charge on any atom is 0.221 e. The Balaban J connectivity index is 2.09. The van der Waals surface area contributed by atoms with Crippen LogP contribution in [-0.4, -0.2) is 36.1 Å². The summed E-state index contributed by atoms with van der Waals surface area (Å²) in [6.07, 6.45) is 4.76. The van der Waals surface area contributed by atoms with Crippen LogP contribution in [0.4, 0.5) is 0 Å². The summed E-state index contributed by atoms with van der Waals surface area (Å²) in [6.45, 7) is 2.67. The average Bonchev–Trinajstić information content (AvgIpc) is 3.12. The molecule has 0 fully saturated rings. The summed E-state index contributed by atoms with van der Waals surface area (Å²) in [4.78, 5) is 17.0. The fourth-order valence-corrected chi connectivity index (χ4v) is 3.34. The van der Waals surface area contributed by atoms with Crippen molar-refractivity contribution in [3.05, 3.63) is 59.0 Å². The lowest BCUT2D eigenvalue weighted by atomic mass is 9.91. The molecule has 0 aliphatic heterocycles. The van der Waals surface area contributed by atoms with Crippen molar-refractivity contribution in [3.63, 3.8) is 0 Å². The number of nitrogens with one attached hydrogen (secondary N) is 1. The number of halogens is 1. The van der Waals surface area contributed by atoms with Crippen molar-refractivity contribution in [3.8, 4) is 11.5 Å². The third kappa shape index (κ3) is 4.39. The maximum absolute atomic E-state index is 12.6. The Morgan fingerprint density at radius 3 is 2.57 bits per heavy atom. The first-order valence-electron chi connectivity index (χ1n) is 9.17. The summed E-state index contributed by atoms with van der Waals surface area (Å²) in [5.74, 6) is 1.07. The second-order valence-corrected chi connectivity index (χ2v) is 6.95. The minimum absolute atomic E-state index is 0.0226. The Hall–Kier alpha value is -2.73. The zero-order chi connectivity index (χ0) is 20.1. The largest absolute Gasteiger partial charge is 0.497 e. The molecule has 0 saturated heterocycles. The fraction of sp³-hybridized carbons (Fsp3) is 0.333. The Labute approximate surface area is 169 Å². The topological polar surface area (TPSA) is 64.9 Å². The van der Waals surface area contributed by atoms with Gasteiger partial charge in [-0.25, -0.2) is 4.98 Å². The smallest absolute Gasteiger partial charge is 0.221 e. The molecule has 28 heavy (non-hydrogen) atoms. The van der Waals surface area contributed by atoms with E-state index in [1.165, 1.54) is 0 Å². The van der Waals surface area contributed by atoms with Crippen molar-refractivity contribution >= 4 is 23.2 Å². The lowest BCUT2D eigenvalue weighted by Gasteiger charge is -2.19. The predicted molar refractivity (Wildman–Crippen MR) is 110 cm³/mol. The Bertz CT molecular complexity index is 948. The third-order valence-electron chi connectivity index (χ3n) is 4.59. The zero-order valence-corrected chi connectivity index (χ0v) is 17.0. The zero-order valence-electron chi connectivity index (χ0n) is 16.2. The van der Waals surface area contributed by atoms with Gasteiger partial charge < -0.3 is 19.2 Å². The number of hydrogen-bond acceptors (Lipinski definition) is 4. The van der Waals surface area contributed by atoms with Crippen LogP contribution in [0.5, 0.6) is 11.5 Å². The Morgan fingerprint density at radius 2 is 1.93 bits per heavy atom. The highest BCUT2D eigenvalue weighted by Gasteiger charge is 2.23. The number of methoxy groups -OCH3 is 2. The van der Waals surface area contributed by atoms with Gasteiger partial charge in [-0.1, -0.05) is 18.5 Å². The molecule has 3 rings (SSSR count). The van der Waals surface area contributed by atoms with E-state index in [2.05, 4.69) is 10.3 Å². The second-order valence-electron chi connectivity index (χ2n) is 6.51. The number of pyridine rings is 1. The van der Waals surface area contributed by atoms with Gasteiger partial charge in [0.25, 0.3) is 0 Å². The van der Waals surface area contributed by atoms with Gasteiger partial charge in [0.05, 0.1) is 24.9 Å². The van der Waals surface area contributed by atoms with E-state index in [-0.39, 0.29) is 18.2 Å².